The fraction of sp³-hybridized carbons (Fsp3) is 0.158. The van der Waals surface area contributed by atoms with E-state index in [0.717, 1.165) is 5.56 Å². The van der Waals surface area contributed by atoms with Gasteiger partial charge in [-0.2, -0.15) is 0 Å². The number of carbonyl (C=O) groups is 2. The average Bonchev–Trinajstić information content (AvgIpc) is 2.60. The number of anilines is 1. The van der Waals surface area contributed by atoms with E-state index < -0.39 is 11.9 Å². The molecule has 5 nitrogen and oxygen atoms in total. The maximum absolute atomic E-state index is 12.5. The zero-order valence-electron chi connectivity index (χ0n) is 13.4. The van der Waals surface area contributed by atoms with Crippen LogP contribution in [0.2, 0.25) is 0 Å². The molecular formula is C19H21N3O2. The summed E-state index contributed by atoms with van der Waals surface area (Å²) in [5, 5.41) is 5.82. The van der Waals surface area contributed by atoms with Crippen LogP contribution in [0, 0.1) is 0 Å². The van der Waals surface area contributed by atoms with Gasteiger partial charge in [-0.15, -0.1) is 6.58 Å². The molecule has 0 unspecified atom stereocenters. The molecule has 0 aliphatic heterocycles. The van der Waals surface area contributed by atoms with E-state index in [9.17, 15) is 9.59 Å². The minimum Gasteiger partial charge on any atom is -0.381 e. The predicted molar refractivity (Wildman–Crippen MR) is 95.7 cm³/mol. The molecule has 2 amide bonds. The molecule has 0 bridgehead atoms. The number of amides is 2. The van der Waals surface area contributed by atoms with Gasteiger partial charge in [0.15, 0.2) is 0 Å². The first-order valence-electron chi connectivity index (χ1n) is 7.69. The summed E-state index contributed by atoms with van der Waals surface area (Å²) in [5.74, 6) is -0.911. The molecular weight excluding hydrogens is 302 g/mol. The van der Waals surface area contributed by atoms with E-state index in [-0.39, 0.29) is 5.91 Å². The van der Waals surface area contributed by atoms with Gasteiger partial charge >= 0.3 is 0 Å². The summed E-state index contributed by atoms with van der Waals surface area (Å²) in [6.07, 6.45) is 2.06. The summed E-state index contributed by atoms with van der Waals surface area (Å²) in [6, 6.07) is 15.8. The van der Waals surface area contributed by atoms with Crippen molar-refractivity contribution in [2.45, 2.75) is 12.5 Å². The van der Waals surface area contributed by atoms with Crippen molar-refractivity contribution in [1.29, 1.82) is 0 Å². The number of rotatable bonds is 8. The van der Waals surface area contributed by atoms with Gasteiger partial charge in [0.1, 0.15) is 6.04 Å². The van der Waals surface area contributed by atoms with Crippen LogP contribution in [0.4, 0.5) is 5.69 Å². The van der Waals surface area contributed by atoms with Crippen LogP contribution in [0.15, 0.2) is 67.3 Å². The standard InChI is InChI=1S/C19H21N3O2/c1-2-12-21-16-11-7-6-10-15(16)19(24)22-17(18(20)23)13-14-8-4-3-5-9-14/h2-11,17,21H,1,12-13H2,(H2,20,23)(H,22,24)/t17-/m0/s1. The second-order valence-corrected chi connectivity index (χ2v) is 5.33. The largest absolute Gasteiger partial charge is 0.381 e. The van der Waals surface area contributed by atoms with Crippen molar-refractivity contribution in [3.63, 3.8) is 0 Å². The molecule has 2 aromatic rings. The third-order valence-electron chi connectivity index (χ3n) is 3.54. The first-order chi connectivity index (χ1) is 11.6. The molecule has 4 N–H and O–H groups in total. The molecule has 0 saturated carbocycles. The van der Waals surface area contributed by atoms with Crippen molar-refractivity contribution in [1.82, 2.24) is 5.32 Å². The molecule has 5 heteroatoms. The quantitative estimate of drug-likeness (QED) is 0.651. The molecule has 0 aliphatic rings. The van der Waals surface area contributed by atoms with Crippen molar-refractivity contribution in [2.24, 2.45) is 5.73 Å². The average molecular weight is 323 g/mol. The van der Waals surface area contributed by atoms with Crippen LogP contribution in [-0.4, -0.2) is 24.4 Å². The first-order valence-corrected chi connectivity index (χ1v) is 7.69. The van der Waals surface area contributed by atoms with Gasteiger partial charge in [0.2, 0.25) is 5.91 Å². The Labute approximate surface area is 141 Å². The van der Waals surface area contributed by atoms with Crippen molar-refractivity contribution in [3.8, 4) is 0 Å². The molecule has 1 atom stereocenters. The van der Waals surface area contributed by atoms with Crippen molar-refractivity contribution >= 4 is 17.5 Å². The maximum Gasteiger partial charge on any atom is 0.254 e. The molecule has 0 aromatic heterocycles. The number of carbonyl (C=O) groups excluding carboxylic acids is 2. The Balaban J connectivity index is 2.13. The Morgan fingerprint density at radius 3 is 2.42 bits per heavy atom. The molecule has 0 radical (unpaired) electrons. The highest BCUT2D eigenvalue weighted by Crippen LogP contribution is 2.15. The number of hydrogen-bond donors (Lipinski definition) is 3. The molecule has 0 heterocycles. The summed E-state index contributed by atoms with van der Waals surface area (Å²) in [5.41, 5.74) is 7.51. The summed E-state index contributed by atoms with van der Waals surface area (Å²) in [6.45, 7) is 4.18. The van der Waals surface area contributed by atoms with Crippen molar-refractivity contribution < 1.29 is 9.59 Å². The van der Waals surface area contributed by atoms with Gasteiger partial charge in [0, 0.05) is 18.7 Å². The lowest BCUT2D eigenvalue weighted by molar-refractivity contribution is -0.119. The lowest BCUT2D eigenvalue weighted by atomic mass is 10.0. The number of nitrogens with two attached hydrogens (primary N) is 1. The van der Waals surface area contributed by atoms with Crippen LogP contribution in [0.5, 0.6) is 0 Å². The number of nitrogens with one attached hydrogen (secondary N) is 2. The lowest BCUT2D eigenvalue weighted by Crippen LogP contribution is -2.46. The second-order valence-electron chi connectivity index (χ2n) is 5.33. The number of hydrogen-bond acceptors (Lipinski definition) is 3. The van der Waals surface area contributed by atoms with E-state index >= 15 is 0 Å². The Kier molecular flexibility index (Phi) is 6.14. The highest BCUT2D eigenvalue weighted by molar-refractivity contribution is 6.01. The smallest absolute Gasteiger partial charge is 0.254 e. The van der Waals surface area contributed by atoms with E-state index in [0.29, 0.717) is 24.2 Å². The fourth-order valence-corrected chi connectivity index (χ4v) is 2.33. The van der Waals surface area contributed by atoms with Crippen LogP contribution in [0.3, 0.4) is 0 Å². The monoisotopic (exact) mass is 323 g/mol. The van der Waals surface area contributed by atoms with E-state index in [1.807, 2.05) is 36.4 Å². The van der Waals surface area contributed by atoms with Gasteiger partial charge in [-0.05, 0) is 17.7 Å². The molecule has 0 spiro atoms. The summed E-state index contributed by atoms with van der Waals surface area (Å²) < 4.78 is 0. The van der Waals surface area contributed by atoms with Crippen molar-refractivity contribution in [3.05, 3.63) is 78.4 Å². The van der Waals surface area contributed by atoms with E-state index in [2.05, 4.69) is 17.2 Å². The Hall–Kier alpha value is -3.08. The number of benzene rings is 2. The van der Waals surface area contributed by atoms with Gasteiger partial charge in [-0.3, -0.25) is 9.59 Å². The number of para-hydroxylation sites is 1. The van der Waals surface area contributed by atoms with Gasteiger partial charge in [-0.1, -0.05) is 48.5 Å². The zero-order valence-corrected chi connectivity index (χ0v) is 13.4. The van der Waals surface area contributed by atoms with Crippen molar-refractivity contribution in [2.75, 3.05) is 11.9 Å². The molecule has 0 saturated heterocycles. The minimum absolute atomic E-state index is 0.345. The second kappa shape index (κ2) is 8.53. The molecule has 124 valence electrons. The van der Waals surface area contributed by atoms with Gasteiger partial charge in [0.25, 0.3) is 5.91 Å². The molecule has 24 heavy (non-hydrogen) atoms. The molecule has 2 aromatic carbocycles. The molecule has 0 fully saturated rings. The SMILES string of the molecule is C=CCNc1ccccc1C(=O)N[C@@H](Cc1ccccc1)C(N)=O. The molecule has 0 aliphatic carbocycles. The van der Waals surface area contributed by atoms with Gasteiger partial charge in [0.05, 0.1) is 5.56 Å². The summed E-state index contributed by atoms with van der Waals surface area (Å²) in [4.78, 5) is 24.3. The highest BCUT2D eigenvalue weighted by Gasteiger charge is 2.20. The predicted octanol–water partition coefficient (Wildman–Crippen LogP) is 2.11. The minimum atomic E-state index is -0.771. The summed E-state index contributed by atoms with van der Waals surface area (Å²) >= 11 is 0. The van der Waals surface area contributed by atoms with Gasteiger partial charge in [-0.25, -0.2) is 0 Å². The van der Waals surface area contributed by atoms with Gasteiger partial charge < -0.3 is 16.4 Å². The third-order valence-corrected chi connectivity index (χ3v) is 3.54. The Bertz CT molecular complexity index is 714. The maximum atomic E-state index is 12.5. The van der Waals surface area contributed by atoms with Crippen LogP contribution < -0.4 is 16.4 Å². The Morgan fingerprint density at radius 2 is 1.75 bits per heavy atom. The van der Waals surface area contributed by atoms with Crippen LogP contribution >= 0.6 is 0 Å². The van der Waals surface area contributed by atoms with Crippen LogP contribution in [0.1, 0.15) is 15.9 Å². The summed E-state index contributed by atoms with van der Waals surface area (Å²) in [7, 11) is 0. The Morgan fingerprint density at radius 1 is 1.08 bits per heavy atom. The first kappa shape index (κ1) is 17.3. The fourth-order valence-electron chi connectivity index (χ4n) is 2.33. The lowest BCUT2D eigenvalue weighted by Gasteiger charge is -2.17. The highest BCUT2D eigenvalue weighted by atomic mass is 16.2. The normalized spacial score (nSPS) is 11.3. The zero-order chi connectivity index (χ0) is 17.4. The van der Waals surface area contributed by atoms with Crippen LogP contribution in [-0.2, 0) is 11.2 Å². The third kappa shape index (κ3) is 4.71. The van der Waals surface area contributed by atoms with E-state index in [1.54, 1.807) is 24.3 Å². The molecule has 2 rings (SSSR count). The topological polar surface area (TPSA) is 84.2 Å². The van der Waals surface area contributed by atoms with E-state index in [1.165, 1.54) is 0 Å². The van der Waals surface area contributed by atoms with E-state index in [4.69, 9.17) is 5.73 Å². The van der Waals surface area contributed by atoms with Crippen LogP contribution in [0.25, 0.3) is 0 Å². The number of primary amides is 1.